The molecule has 1 atom stereocenters. The molecule has 0 aromatic carbocycles. The maximum Gasteiger partial charge on any atom is 0.306 e. The Morgan fingerprint density at radius 1 is 0.280 bits per heavy atom. The molecule has 0 heterocycles. The van der Waals surface area contributed by atoms with Gasteiger partial charge in [-0.25, -0.2) is 0 Å². The molecule has 0 amide bonds. The van der Waals surface area contributed by atoms with Gasteiger partial charge in [0.1, 0.15) is 13.2 Å². The largest absolute Gasteiger partial charge is 0.462 e. The summed E-state index contributed by atoms with van der Waals surface area (Å²) in [6.07, 6.45) is 84.1. The number of hydrogen-bond donors (Lipinski definition) is 0. The molecule has 0 bridgehead atoms. The van der Waals surface area contributed by atoms with E-state index in [1.807, 2.05) is 0 Å². The highest BCUT2D eigenvalue weighted by molar-refractivity contribution is 5.71. The van der Waals surface area contributed by atoms with Crippen LogP contribution in [-0.2, 0) is 28.6 Å². The molecule has 0 spiro atoms. The second kappa shape index (κ2) is 62.9. The predicted molar refractivity (Wildman–Crippen MR) is 325 cm³/mol. The van der Waals surface area contributed by atoms with Crippen LogP contribution in [0.5, 0.6) is 0 Å². The maximum absolute atomic E-state index is 12.9. The standard InChI is InChI=1S/C69H118O6/c1-4-7-10-13-16-19-22-25-27-29-31-32-33-34-35-36-38-39-41-44-47-50-53-56-59-62-68(71)74-65-66(64-73-67(70)61-58-55-52-49-46-43-24-21-18-15-12-9-6-3)75-69(72)63-60-57-54-51-48-45-42-40-37-30-28-26-23-20-17-14-11-8-5-2/h7,10,12,15-16,19,21,24-28,31-32,34-35,66H,4-6,8-9,11,13-14,17-18,20,22-23,29-30,33,36-65H2,1-3H3/b10-7-,15-12-,19-16-,24-21-,27-25-,28-26-,32-31-,35-34-. The molecule has 1 unspecified atom stereocenters. The zero-order valence-electron chi connectivity index (χ0n) is 49.3. The highest BCUT2D eigenvalue weighted by Gasteiger charge is 2.19. The molecule has 0 aromatic heterocycles. The van der Waals surface area contributed by atoms with Crippen molar-refractivity contribution in [2.45, 2.75) is 309 Å². The van der Waals surface area contributed by atoms with Crippen LogP contribution in [0, 0.1) is 0 Å². The summed E-state index contributed by atoms with van der Waals surface area (Å²) in [5.74, 6) is -0.899. The van der Waals surface area contributed by atoms with Crippen molar-refractivity contribution in [3.8, 4) is 0 Å². The molecular weight excluding hydrogens is 925 g/mol. The third kappa shape index (κ3) is 61.1. The minimum absolute atomic E-state index is 0.0854. The van der Waals surface area contributed by atoms with Crippen molar-refractivity contribution in [3.63, 3.8) is 0 Å². The molecule has 0 radical (unpaired) electrons. The predicted octanol–water partition coefficient (Wildman–Crippen LogP) is 21.7. The molecule has 0 aromatic rings. The lowest BCUT2D eigenvalue weighted by Crippen LogP contribution is -2.30. The molecule has 6 heteroatoms. The fourth-order valence-corrected chi connectivity index (χ4v) is 8.80. The van der Waals surface area contributed by atoms with E-state index >= 15 is 0 Å². The zero-order chi connectivity index (χ0) is 54.3. The smallest absolute Gasteiger partial charge is 0.306 e. The fraction of sp³-hybridized carbons (Fsp3) is 0.725. The summed E-state index contributed by atoms with van der Waals surface area (Å²) < 4.78 is 16.9. The van der Waals surface area contributed by atoms with Crippen LogP contribution >= 0.6 is 0 Å². The van der Waals surface area contributed by atoms with Crippen molar-refractivity contribution in [1.29, 1.82) is 0 Å². The van der Waals surface area contributed by atoms with Crippen molar-refractivity contribution < 1.29 is 28.6 Å². The van der Waals surface area contributed by atoms with E-state index in [0.29, 0.717) is 19.3 Å². The van der Waals surface area contributed by atoms with Gasteiger partial charge in [0.05, 0.1) is 0 Å². The van der Waals surface area contributed by atoms with Crippen molar-refractivity contribution in [2.75, 3.05) is 13.2 Å². The molecule has 0 rings (SSSR count). The minimum Gasteiger partial charge on any atom is -0.462 e. The van der Waals surface area contributed by atoms with Crippen LogP contribution in [0.1, 0.15) is 303 Å². The Morgan fingerprint density at radius 2 is 0.547 bits per heavy atom. The molecular formula is C69H118O6. The molecule has 0 aliphatic heterocycles. The number of ether oxygens (including phenoxy) is 3. The Bertz CT molecular complexity index is 1480. The number of esters is 3. The van der Waals surface area contributed by atoms with E-state index in [-0.39, 0.29) is 31.1 Å². The van der Waals surface area contributed by atoms with Gasteiger partial charge in [0.2, 0.25) is 0 Å². The van der Waals surface area contributed by atoms with Gasteiger partial charge >= 0.3 is 17.9 Å². The first-order valence-electron chi connectivity index (χ1n) is 31.7. The van der Waals surface area contributed by atoms with Crippen LogP contribution in [0.2, 0.25) is 0 Å². The molecule has 6 nitrogen and oxygen atoms in total. The number of unbranched alkanes of at least 4 members (excludes halogenated alkanes) is 30. The minimum atomic E-state index is -0.788. The van der Waals surface area contributed by atoms with Crippen molar-refractivity contribution in [2.24, 2.45) is 0 Å². The number of hydrogen-bond acceptors (Lipinski definition) is 6. The molecule has 0 aliphatic carbocycles. The highest BCUT2D eigenvalue weighted by Crippen LogP contribution is 2.16. The average Bonchev–Trinajstić information content (AvgIpc) is 3.41. The fourth-order valence-electron chi connectivity index (χ4n) is 8.80. The first-order chi connectivity index (χ1) is 37.0. The van der Waals surface area contributed by atoms with E-state index in [1.165, 1.54) is 135 Å². The number of rotatable bonds is 57. The molecule has 0 aliphatic rings. The molecule has 0 saturated heterocycles. The van der Waals surface area contributed by atoms with Crippen LogP contribution in [0.25, 0.3) is 0 Å². The van der Waals surface area contributed by atoms with E-state index in [9.17, 15) is 14.4 Å². The van der Waals surface area contributed by atoms with Gasteiger partial charge in [0.25, 0.3) is 0 Å². The van der Waals surface area contributed by atoms with E-state index in [1.54, 1.807) is 0 Å². The summed E-state index contributed by atoms with van der Waals surface area (Å²) in [4.78, 5) is 38.3. The first-order valence-corrected chi connectivity index (χ1v) is 31.7. The van der Waals surface area contributed by atoms with Crippen LogP contribution in [0.4, 0.5) is 0 Å². The Balaban J connectivity index is 4.34. The van der Waals surface area contributed by atoms with Gasteiger partial charge in [0.15, 0.2) is 6.10 Å². The Labute approximate surface area is 464 Å². The summed E-state index contributed by atoms with van der Waals surface area (Å²) in [7, 11) is 0. The lowest BCUT2D eigenvalue weighted by atomic mass is 10.1. The van der Waals surface area contributed by atoms with Crippen molar-refractivity contribution >= 4 is 17.9 Å². The van der Waals surface area contributed by atoms with Gasteiger partial charge in [-0.15, -0.1) is 0 Å². The summed E-state index contributed by atoms with van der Waals surface area (Å²) in [5, 5.41) is 0. The summed E-state index contributed by atoms with van der Waals surface area (Å²) in [5.41, 5.74) is 0. The summed E-state index contributed by atoms with van der Waals surface area (Å²) in [6.45, 7) is 6.46. The number of carbonyl (C=O) groups excluding carboxylic acids is 3. The molecule has 0 fully saturated rings. The second-order valence-corrected chi connectivity index (χ2v) is 20.9. The van der Waals surface area contributed by atoms with Gasteiger partial charge in [-0.2, -0.15) is 0 Å². The van der Waals surface area contributed by atoms with Crippen LogP contribution < -0.4 is 0 Å². The second-order valence-electron chi connectivity index (χ2n) is 20.9. The number of allylic oxidation sites excluding steroid dienone is 16. The maximum atomic E-state index is 12.9. The van der Waals surface area contributed by atoms with E-state index in [0.717, 1.165) is 128 Å². The Morgan fingerprint density at radius 3 is 0.880 bits per heavy atom. The van der Waals surface area contributed by atoms with E-state index in [2.05, 4.69) is 118 Å². The van der Waals surface area contributed by atoms with Gasteiger partial charge in [-0.3, -0.25) is 14.4 Å². The van der Waals surface area contributed by atoms with Crippen molar-refractivity contribution in [1.82, 2.24) is 0 Å². The normalized spacial score (nSPS) is 12.7. The zero-order valence-corrected chi connectivity index (χ0v) is 49.3. The third-order valence-electron chi connectivity index (χ3n) is 13.5. The first kappa shape index (κ1) is 71.3. The SMILES string of the molecule is CC/C=C\C/C=C\C/C=C\C/C=C\C/C=C\CCCCCCCCCCCC(=O)OCC(COC(=O)CCCCCCC/C=C\C/C=C\CCC)OC(=O)CCCCCCCCCCC/C=C\CCCCCCCC. The van der Waals surface area contributed by atoms with E-state index in [4.69, 9.17) is 14.2 Å². The summed E-state index contributed by atoms with van der Waals surface area (Å²) in [6, 6.07) is 0. The molecule has 75 heavy (non-hydrogen) atoms. The summed E-state index contributed by atoms with van der Waals surface area (Å²) >= 11 is 0. The van der Waals surface area contributed by atoms with Gasteiger partial charge in [-0.1, -0.05) is 266 Å². The van der Waals surface area contributed by atoms with E-state index < -0.39 is 6.10 Å². The highest BCUT2D eigenvalue weighted by atomic mass is 16.6. The van der Waals surface area contributed by atoms with Crippen LogP contribution in [0.15, 0.2) is 97.2 Å². The van der Waals surface area contributed by atoms with Gasteiger partial charge in [-0.05, 0) is 116 Å². The lowest BCUT2D eigenvalue weighted by molar-refractivity contribution is -0.167. The molecule has 0 N–H and O–H groups in total. The molecule has 430 valence electrons. The lowest BCUT2D eigenvalue weighted by Gasteiger charge is -2.18. The average molecular weight is 1040 g/mol. The van der Waals surface area contributed by atoms with Crippen LogP contribution in [0.3, 0.4) is 0 Å². The Kier molecular flexibility index (Phi) is 59.8. The third-order valence-corrected chi connectivity index (χ3v) is 13.5. The topological polar surface area (TPSA) is 78.9 Å². The molecule has 0 saturated carbocycles. The van der Waals surface area contributed by atoms with Crippen molar-refractivity contribution in [3.05, 3.63) is 97.2 Å². The van der Waals surface area contributed by atoms with Gasteiger partial charge < -0.3 is 14.2 Å². The van der Waals surface area contributed by atoms with Gasteiger partial charge in [0, 0.05) is 19.3 Å². The number of carbonyl (C=O) groups is 3. The Hall–Kier alpha value is -3.67. The van der Waals surface area contributed by atoms with Crippen LogP contribution in [-0.4, -0.2) is 37.2 Å². The quantitative estimate of drug-likeness (QED) is 0.0261. The monoisotopic (exact) mass is 1040 g/mol.